The summed E-state index contributed by atoms with van der Waals surface area (Å²) in [6.45, 7) is 1.43. The van der Waals surface area contributed by atoms with Crippen molar-refractivity contribution in [3.8, 4) is 0 Å². The quantitative estimate of drug-likeness (QED) is 0.842. The van der Waals surface area contributed by atoms with Crippen LogP contribution in [0.25, 0.3) is 0 Å². The Morgan fingerprint density at radius 1 is 1.17 bits per heavy atom. The van der Waals surface area contributed by atoms with Crippen molar-refractivity contribution in [2.24, 2.45) is 0 Å². The number of aliphatic hydroxyl groups excluding tert-OH is 1. The van der Waals surface area contributed by atoms with E-state index in [1.54, 1.807) is 0 Å². The minimum Gasteiger partial charge on any atom is -0.391 e. The number of fused-ring (bicyclic) bond motifs is 1. The van der Waals surface area contributed by atoms with E-state index in [1.165, 1.54) is 17.5 Å². The summed E-state index contributed by atoms with van der Waals surface area (Å²) in [7, 11) is 0. The normalized spacial score (nSPS) is 13.8. The molecule has 0 atom stereocenters. The Bertz CT molecular complexity index is 563. The molecule has 1 aromatic heterocycles. The van der Waals surface area contributed by atoms with Crippen molar-refractivity contribution in [1.29, 1.82) is 0 Å². The number of rotatable bonds is 2. The number of nitrogens with zero attached hydrogens (tertiary/aromatic N) is 3. The highest BCUT2D eigenvalue weighted by Crippen LogP contribution is 2.30. The molecule has 1 N–H and O–H groups in total. The summed E-state index contributed by atoms with van der Waals surface area (Å²) < 4.78 is 0. The molecule has 0 fully saturated rings. The van der Waals surface area contributed by atoms with Crippen LogP contribution in [0.4, 0.5) is 5.82 Å². The van der Waals surface area contributed by atoms with E-state index in [2.05, 4.69) is 27.0 Å². The first-order valence-corrected chi connectivity index (χ1v) is 6.09. The van der Waals surface area contributed by atoms with E-state index >= 15 is 0 Å². The Kier molecular flexibility index (Phi) is 2.89. The first-order valence-electron chi connectivity index (χ1n) is 5.71. The molecule has 0 saturated heterocycles. The lowest BCUT2D eigenvalue weighted by Gasteiger charge is -2.19. The third-order valence-corrected chi connectivity index (χ3v) is 3.49. The molecule has 0 aliphatic carbocycles. The molecular formula is C13H12ClN3O. The molecule has 0 spiro atoms. The van der Waals surface area contributed by atoms with Crippen LogP contribution in [0.3, 0.4) is 0 Å². The lowest BCUT2D eigenvalue weighted by molar-refractivity contribution is 0.281. The van der Waals surface area contributed by atoms with E-state index < -0.39 is 0 Å². The van der Waals surface area contributed by atoms with Crippen LogP contribution < -0.4 is 4.90 Å². The van der Waals surface area contributed by atoms with Crippen LogP contribution in [-0.2, 0) is 19.7 Å². The minimum absolute atomic E-state index is 0.151. The summed E-state index contributed by atoms with van der Waals surface area (Å²) in [4.78, 5) is 10.2. The average molecular weight is 262 g/mol. The van der Waals surface area contributed by atoms with Gasteiger partial charge in [-0.2, -0.15) is 0 Å². The second kappa shape index (κ2) is 4.55. The highest BCUT2D eigenvalue weighted by molar-refractivity contribution is 6.30. The van der Waals surface area contributed by atoms with E-state index in [1.807, 2.05) is 12.1 Å². The zero-order valence-electron chi connectivity index (χ0n) is 9.67. The maximum Gasteiger partial charge on any atom is 0.140 e. The van der Waals surface area contributed by atoms with Gasteiger partial charge in [0.05, 0.1) is 12.2 Å². The molecule has 18 heavy (non-hydrogen) atoms. The van der Waals surface area contributed by atoms with Gasteiger partial charge in [0, 0.05) is 13.1 Å². The predicted octanol–water partition coefficient (Wildman–Crippen LogP) is 2.14. The molecule has 3 rings (SSSR count). The third-order valence-electron chi connectivity index (χ3n) is 3.17. The van der Waals surface area contributed by atoms with Gasteiger partial charge >= 0.3 is 0 Å². The lowest BCUT2D eigenvalue weighted by atomic mass is 10.1. The number of aromatic nitrogens is 2. The van der Waals surface area contributed by atoms with Crippen LogP contribution in [0.2, 0.25) is 5.15 Å². The monoisotopic (exact) mass is 261 g/mol. The highest BCUT2D eigenvalue weighted by Gasteiger charge is 2.22. The zero-order valence-corrected chi connectivity index (χ0v) is 10.4. The number of benzene rings is 1. The van der Waals surface area contributed by atoms with E-state index in [4.69, 9.17) is 11.6 Å². The minimum atomic E-state index is -0.151. The molecule has 1 aliphatic heterocycles. The van der Waals surface area contributed by atoms with Crippen LogP contribution in [0.1, 0.15) is 16.7 Å². The average Bonchev–Trinajstić information content (AvgIpc) is 2.82. The van der Waals surface area contributed by atoms with Gasteiger partial charge in [0.15, 0.2) is 0 Å². The van der Waals surface area contributed by atoms with Crippen molar-refractivity contribution in [1.82, 2.24) is 9.97 Å². The van der Waals surface area contributed by atoms with Gasteiger partial charge in [0.25, 0.3) is 0 Å². The van der Waals surface area contributed by atoms with Crippen LogP contribution >= 0.6 is 11.6 Å². The van der Waals surface area contributed by atoms with Crippen molar-refractivity contribution < 1.29 is 5.11 Å². The van der Waals surface area contributed by atoms with Gasteiger partial charge in [-0.15, -0.1) is 0 Å². The SMILES string of the molecule is OCc1c(Cl)ncnc1N1Cc2ccccc2C1. The van der Waals surface area contributed by atoms with Gasteiger partial charge in [-0.25, -0.2) is 9.97 Å². The summed E-state index contributed by atoms with van der Waals surface area (Å²) in [6, 6.07) is 8.28. The van der Waals surface area contributed by atoms with Gasteiger partial charge in [0.1, 0.15) is 17.3 Å². The summed E-state index contributed by atoms with van der Waals surface area (Å²) in [5.74, 6) is 0.716. The standard InChI is InChI=1S/C13H12ClN3O/c14-12-11(7-18)13(16-8-15-12)17-5-9-3-1-2-4-10(9)6-17/h1-4,8,18H,5-7H2. The fourth-order valence-corrected chi connectivity index (χ4v) is 2.46. The molecule has 0 unspecified atom stereocenters. The van der Waals surface area contributed by atoms with Crippen molar-refractivity contribution in [3.05, 3.63) is 52.4 Å². The third kappa shape index (κ3) is 1.83. The maximum absolute atomic E-state index is 9.39. The molecule has 0 radical (unpaired) electrons. The Morgan fingerprint density at radius 3 is 2.44 bits per heavy atom. The second-order valence-electron chi connectivity index (χ2n) is 4.25. The summed E-state index contributed by atoms with van der Waals surface area (Å²) >= 11 is 5.98. The summed E-state index contributed by atoms with van der Waals surface area (Å²) in [5, 5.41) is 9.70. The van der Waals surface area contributed by atoms with E-state index in [9.17, 15) is 5.11 Å². The number of halogens is 1. The first kappa shape index (κ1) is 11.4. The molecule has 0 saturated carbocycles. The summed E-state index contributed by atoms with van der Waals surface area (Å²) in [6.07, 6.45) is 1.43. The van der Waals surface area contributed by atoms with Crippen molar-refractivity contribution in [3.63, 3.8) is 0 Å². The molecule has 1 aliphatic rings. The van der Waals surface area contributed by atoms with Crippen molar-refractivity contribution in [2.45, 2.75) is 19.7 Å². The Morgan fingerprint density at radius 2 is 1.83 bits per heavy atom. The molecular weight excluding hydrogens is 250 g/mol. The number of aliphatic hydroxyl groups is 1. The second-order valence-corrected chi connectivity index (χ2v) is 4.61. The molecule has 92 valence electrons. The fourth-order valence-electron chi connectivity index (χ4n) is 2.27. The molecule has 4 nitrogen and oxygen atoms in total. The van der Waals surface area contributed by atoms with E-state index in [0.29, 0.717) is 16.5 Å². The van der Waals surface area contributed by atoms with Crippen LogP contribution in [-0.4, -0.2) is 15.1 Å². The molecule has 5 heteroatoms. The van der Waals surface area contributed by atoms with Crippen molar-refractivity contribution in [2.75, 3.05) is 4.90 Å². The summed E-state index contributed by atoms with van der Waals surface area (Å²) in [5.41, 5.74) is 3.17. The van der Waals surface area contributed by atoms with Gasteiger partial charge in [-0.1, -0.05) is 35.9 Å². The lowest BCUT2D eigenvalue weighted by Crippen LogP contribution is -2.18. The maximum atomic E-state index is 9.39. The molecule has 2 heterocycles. The van der Waals surface area contributed by atoms with Crippen molar-refractivity contribution >= 4 is 17.4 Å². The van der Waals surface area contributed by atoms with Gasteiger partial charge in [0.2, 0.25) is 0 Å². The van der Waals surface area contributed by atoms with E-state index in [-0.39, 0.29) is 6.61 Å². The Hall–Kier alpha value is -1.65. The molecule has 0 amide bonds. The van der Waals surface area contributed by atoms with Crippen LogP contribution in [0.5, 0.6) is 0 Å². The topological polar surface area (TPSA) is 49.3 Å². The first-order chi connectivity index (χ1) is 8.79. The largest absolute Gasteiger partial charge is 0.391 e. The fraction of sp³-hybridized carbons (Fsp3) is 0.231. The Labute approximate surface area is 110 Å². The predicted molar refractivity (Wildman–Crippen MR) is 69.3 cm³/mol. The molecule has 2 aromatic rings. The molecule has 1 aromatic carbocycles. The van der Waals surface area contributed by atoms with E-state index in [0.717, 1.165) is 13.1 Å². The molecule has 0 bridgehead atoms. The van der Waals surface area contributed by atoms with Gasteiger partial charge < -0.3 is 10.0 Å². The zero-order chi connectivity index (χ0) is 12.5. The van der Waals surface area contributed by atoms with Crippen LogP contribution in [0.15, 0.2) is 30.6 Å². The Balaban J connectivity index is 1.97. The highest BCUT2D eigenvalue weighted by atomic mass is 35.5. The smallest absolute Gasteiger partial charge is 0.140 e. The number of anilines is 1. The number of hydrogen-bond acceptors (Lipinski definition) is 4. The number of hydrogen-bond donors (Lipinski definition) is 1. The van der Waals surface area contributed by atoms with Gasteiger partial charge in [-0.05, 0) is 11.1 Å². The van der Waals surface area contributed by atoms with Gasteiger partial charge in [-0.3, -0.25) is 0 Å². The van der Waals surface area contributed by atoms with Crippen LogP contribution in [0, 0.1) is 0 Å².